The van der Waals surface area contributed by atoms with E-state index in [1.807, 2.05) is 5.38 Å². The Labute approximate surface area is 166 Å². The van der Waals surface area contributed by atoms with Crippen molar-refractivity contribution >= 4 is 41.3 Å². The average Bonchev–Trinajstić information content (AvgIpc) is 3.02. The molecule has 2 aromatic rings. The number of hydrogen-bond donors (Lipinski definition) is 2. The van der Waals surface area contributed by atoms with Gasteiger partial charge in [-0.15, -0.1) is 35.3 Å². The molecule has 1 aromatic carbocycles. The number of aryl methyl sites for hydroxylation is 1. The van der Waals surface area contributed by atoms with Gasteiger partial charge < -0.3 is 10.6 Å². The van der Waals surface area contributed by atoms with Crippen molar-refractivity contribution in [3.8, 4) is 0 Å². The van der Waals surface area contributed by atoms with Gasteiger partial charge in [0.05, 0.1) is 22.8 Å². The molecule has 9 heteroatoms. The first kappa shape index (κ1) is 21.7. The van der Waals surface area contributed by atoms with E-state index in [0.29, 0.717) is 19.0 Å². The molecule has 25 heavy (non-hydrogen) atoms. The maximum absolute atomic E-state index is 12.5. The number of halogens is 4. The van der Waals surface area contributed by atoms with Crippen molar-refractivity contribution < 1.29 is 13.2 Å². The average molecular weight is 484 g/mol. The fourth-order valence-electron chi connectivity index (χ4n) is 1.98. The number of rotatable bonds is 5. The number of benzene rings is 1. The molecule has 0 atom stereocenters. The summed E-state index contributed by atoms with van der Waals surface area (Å²) < 4.78 is 37.6. The largest absolute Gasteiger partial charge is 0.416 e. The number of hydrogen-bond acceptors (Lipinski definition) is 3. The van der Waals surface area contributed by atoms with Crippen LogP contribution in [0.5, 0.6) is 0 Å². The highest BCUT2D eigenvalue weighted by Gasteiger charge is 2.29. The summed E-state index contributed by atoms with van der Waals surface area (Å²) in [6.45, 7) is 2.98. The predicted molar refractivity (Wildman–Crippen MR) is 105 cm³/mol. The molecule has 1 heterocycles. The molecule has 0 unspecified atom stereocenters. The zero-order valence-corrected chi connectivity index (χ0v) is 17.0. The summed E-state index contributed by atoms with van der Waals surface area (Å²) in [6.07, 6.45) is -3.40. The Morgan fingerprint density at radius 3 is 2.32 bits per heavy atom. The maximum atomic E-state index is 12.5. The summed E-state index contributed by atoms with van der Waals surface area (Å²) in [7, 11) is 1.64. The zero-order chi connectivity index (χ0) is 17.6. The summed E-state index contributed by atoms with van der Waals surface area (Å²) in [5.74, 6) is 0.570. The van der Waals surface area contributed by atoms with E-state index < -0.39 is 11.7 Å². The second kappa shape index (κ2) is 9.95. The molecule has 0 aliphatic rings. The third-order valence-electron chi connectivity index (χ3n) is 3.30. The van der Waals surface area contributed by atoms with Gasteiger partial charge in [-0.25, -0.2) is 4.98 Å². The minimum Gasteiger partial charge on any atom is -0.352 e. The van der Waals surface area contributed by atoms with Crippen molar-refractivity contribution in [3.05, 3.63) is 51.5 Å². The highest BCUT2D eigenvalue weighted by Crippen LogP contribution is 2.29. The van der Waals surface area contributed by atoms with E-state index in [-0.39, 0.29) is 24.0 Å². The topological polar surface area (TPSA) is 49.3 Å². The fraction of sp³-hybridized carbons (Fsp3) is 0.375. The lowest BCUT2D eigenvalue weighted by Gasteiger charge is -2.12. The van der Waals surface area contributed by atoms with Crippen molar-refractivity contribution in [1.29, 1.82) is 0 Å². The van der Waals surface area contributed by atoms with Crippen LogP contribution in [0.15, 0.2) is 34.6 Å². The van der Waals surface area contributed by atoms with Crippen LogP contribution < -0.4 is 10.6 Å². The number of alkyl halides is 3. The maximum Gasteiger partial charge on any atom is 0.416 e. The van der Waals surface area contributed by atoms with Crippen LogP contribution >= 0.6 is 35.3 Å². The first-order valence-corrected chi connectivity index (χ1v) is 8.34. The molecule has 2 N–H and O–H groups in total. The van der Waals surface area contributed by atoms with Gasteiger partial charge in [0.1, 0.15) is 0 Å². The van der Waals surface area contributed by atoms with Gasteiger partial charge in [0.25, 0.3) is 0 Å². The van der Waals surface area contributed by atoms with E-state index in [2.05, 4.69) is 27.5 Å². The molecule has 0 fully saturated rings. The van der Waals surface area contributed by atoms with Gasteiger partial charge in [0.15, 0.2) is 5.96 Å². The predicted octanol–water partition coefficient (Wildman–Crippen LogP) is 4.21. The van der Waals surface area contributed by atoms with Crippen LogP contribution in [-0.4, -0.2) is 18.0 Å². The number of thiazole rings is 1. The van der Waals surface area contributed by atoms with Crippen LogP contribution in [0, 0.1) is 0 Å². The van der Waals surface area contributed by atoms with Crippen molar-refractivity contribution in [2.45, 2.75) is 32.6 Å². The molecule has 0 radical (unpaired) electrons. The van der Waals surface area contributed by atoms with E-state index in [4.69, 9.17) is 0 Å². The molecule has 0 amide bonds. The third-order valence-corrected chi connectivity index (χ3v) is 4.35. The Hall–Kier alpha value is -1.36. The quantitative estimate of drug-likeness (QED) is 0.380. The van der Waals surface area contributed by atoms with E-state index >= 15 is 0 Å². The lowest BCUT2D eigenvalue weighted by molar-refractivity contribution is -0.137. The second-order valence-corrected chi connectivity index (χ2v) is 6.00. The van der Waals surface area contributed by atoms with Gasteiger partial charge in [0, 0.05) is 19.0 Å². The Morgan fingerprint density at radius 1 is 1.16 bits per heavy atom. The SMILES string of the molecule is CCc1nc(CNC(=NC)NCc2ccc(C(F)(F)F)cc2)cs1.I. The van der Waals surface area contributed by atoms with Crippen molar-refractivity contribution in [2.75, 3.05) is 7.05 Å². The van der Waals surface area contributed by atoms with E-state index in [1.54, 1.807) is 18.4 Å². The fourth-order valence-corrected chi connectivity index (χ4v) is 2.73. The second-order valence-electron chi connectivity index (χ2n) is 5.06. The van der Waals surface area contributed by atoms with Crippen LogP contribution in [-0.2, 0) is 25.7 Å². The van der Waals surface area contributed by atoms with Crippen LogP contribution in [0.4, 0.5) is 13.2 Å². The molecule has 0 aliphatic carbocycles. The number of guanidine groups is 1. The highest BCUT2D eigenvalue weighted by molar-refractivity contribution is 14.0. The van der Waals surface area contributed by atoms with E-state index in [0.717, 1.165) is 34.8 Å². The molecule has 4 nitrogen and oxygen atoms in total. The molecule has 0 aliphatic heterocycles. The molecular weight excluding hydrogens is 464 g/mol. The van der Waals surface area contributed by atoms with Crippen LogP contribution in [0.25, 0.3) is 0 Å². The van der Waals surface area contributed by atoms with Crippen LogP contribution in [0.1, 0.15) is 28.8 Å². The van der Waals surface area contributed by atoms with Gasteiger partial charge in [-0.1, -0.05) is 19.1 Å². The van der Waals surface area contributed by atoms with Crippen LogP contribution in [0.3, 0.4) is 0 Å². The zero-order valence-electron chi connectivity index (χ0n) is 13.9. The van der Waals surface area contributed by atoms with E-state index in [9.17, 15) is 13.2 Å². The summed E-state index contributed by atoms with van der Waals surface area (Å²) in [5, 5.41) is 9.28. The molecule has 1 aromatic heterocycles. The van der Waals surface area contributed by atoms with E-state index in [1.165, 1.54) is 12.1 Å². The van der Waals surface area contributed by atoms with Crippen molar-refractivity contribution in [2.24, 2.45) is 4.99 Å². The summed E-state index contributed by atoms with van der Waals surface area (Å²) >= 11 is 1.62. The first-order chi connectivity index (χ1) is 11.4. The molecule has 0 saturated carbocycles. The number of aliphatic imine (C=N–C) groups is 1. The number of aromatic nitrogens is 1. The van der Waals surface area contributed by atoms with Gasteiger partial charge in [-0.2, -0.15) is 13.2 Å². The lowest BCUT2D eigenvalue weighted by atomic mass is 10.1. The third kappa shape index (κ3) is 6.81. The summed E-state index contributed by atoms with van der Waals surface area (Å²) in [5.41, 5.74) is 1.03. The molecule has 0 saturated heterocycles. The molecular formula is C16H20F3IN4S. The standard InChI is InChI=1S/C16H19F3N4S.HI/c1-3-14-23-13(10-24-14)9-22-15(20-2)21-8-11-4-6-12(7-5-11)16(17,18)19;/h4-7,10H,3,8-9H2,1-2H3,(H2,20,21,22);1H. The van der Waals surface area contributed by atoms with Crippen molar-refractivity contribution in [3.63, 3.8) is 0 Å². The van der Waals surface area contributed by atoms with Crippen molar-refractivity contribution in [1.82, 2.24) is 15.6 Å². The number of nitrogens with one attached hydrogen (secondary N) is 2. The minimum atomic E-state index is -4.31. The van der Waals surface area contributed by atoms with Gasteiger partial charge >= 0.3 is 6.18 Å². The molecule has 0 bridgehead atoms. The monoisotopic (exact) mass is 484 g/mol. The Morgan fingerprint density at radius 2 is 1.80 bits per heavy atom. The lowest BCUT2D eigenvalue weighted by Crippen LogP contribution is -2.36. The molecule has 2 rings (SSSR count). The Kier molecular flexibility index (Phi) is 8.63. The first-order valence-electron chi connectivity index (χ1n) is 7.46. The normalized spacial score (nSPS) is 11.8. The highest BCUT2D eigenvalue weighted by atomic mass is 127. The van der Waals surface area contributed by atoms with Gasteiger partial charge in [-0.05, 0) is 24.1 Å². The molecule has 0 spiro atoms. The Balaban J connectivity index is 0.00000312. The smallest absolute Gasteiger partial charge is 0.352 e. The molecule has 138 valence electrons. The Bertz CT molecular complexity index is 683. The van der Waals surface area contributed by atoms with Gasteiger partial charge in [-0.3, -0.25) is 4.99 Å². The summed E-state index contributed by atoms with van der Waals surface area (Å²) in [4.78, 5) is 8.54. The minimum absolute atomic E-state index is 0. The van der Waals surface area contributed by atoms with Crippen LogP contribution in [0.2, 0.25) is 0 Å². The summed E-state index contributed by atoms with van der Waals surface area (Å²) in [6, 6.07) is 5.07. The number of nitrogens with zero attached hydrogens (tertiary/aromatic N) is 2. The van der Waals surface area contributed by atoms with Gasteiger partial charge in [0.2, 0.25) is 0 Å².